The summed E-state index contributed by atoms with van der Waals surface area (Å²) in [5.41, 5.74) is 1.67. The molecule has 0 amide bonds. The fourth-order valence-electron chi connectivity index (χ4n) is 1.99. The molecule has 0 aliphatic heterocycles. The van der Waals surface area contributed by atoms with Crippen LogP contribution >= 0.6 is 11.6 Å². The molecule has 0 spiro atoms. The summed E-state index contributed by atoms with van der Waals surface area (Å²) in [6.45, 7) is 3.13. The average Bonchev–Trinajstić information content (AvgIpc) is 2.42. The zero-order chi connectivity index (χ0) is 15.6. The van der Waals surface area contributed by atoms with Gasteiger partial charge < -0.3 is 9.84 Å². The van der Waals surface area contributed by atoms with E-state index >= 15 is 0 Å². The van der Waals surface area contributed by atoms with Crippen LogP contribution in [-0.2, 0) is 6.61 Å². The second kappa shape index (κ2) is 6.11. The van der Waals surface area contributed by atoms with E-state index in [1.807, 2.05) is 0 Å². The Labute approximate surface area is 126 Å². The van der Waals surface area contributed by atoms with Crippen molar-refractivity contribution in [1.29, 1.82) is 0 Å². The summed E-state index contributed by atoms with van der Waals surface area (Å²) in [6, 6.07) is 8.13. The van der Waals surface area contributed by atoms with E-state index in [4.69, 9.17) is 16.3 Å². The molecule has 0 aromatic heterocycles. The number of ether oxygens (including phenoxy) is 1. The molecule has 21 heavy (non-hydrogen) atoms. The fraction of sp³-hybridized carbons (Fsp3) is 0.200. The van der Waals surface area contributed by atoms with Gasteiger partial charge >= 0.3 is 0 Å². The van der Waals surface area contributed by atoms with Gasteiger partial charge in [-0.15, -0.1) is 0 Å². The SMILES string of the molecule is Cc1cc([N+](=O)[O-])c(C)cc1Oc1cccc(Cl)c1CO. The van der Waals surface area contributed by atoms with Crippen LogP contribution in [0.15, 0.2) is 30.3 Å². The Balaban J connectivity index is 2.43. The van der Waals surface area contributed by atoms with Crippen molar-refractivity contribution >= 4 is 17.3 Å². The Morgan fingerprint density at radius 2 is 1.95 bits per heavy atom. The van der Waals surface area contributed by atoms with Crippen molar-refractivity contribution < 1.29 is 14.8 Å². The van der Waals surface area contributed by atoms with Crippen LogP contribution in [0.1, 0.15) is 16.7 Å². The zero-order valence-corrected chi connectivity index (χ0v) is 12.3. The summed E-state index contributed by atoms with van der Waals surface area (Å²) in [5.74, 6) is 0.927. The molecule has 0 radical (unpaired) electrons. The van der Waals surface area contributed by atoms with Gasteiger partial charge in [0.15, 0.2) is 0 Å². The lowest BCUT2D eigenvalue weighted by Crippen LogP contribution is -1.97. The van der Waals surface area contributed by atoms with Crippen LogP contribution in [0.2, 0.25) is 5.02 Å². The van der Waals surface area contributed by atoms with Crippen LogP contribution in [-0.4, -0.2) is 10.0 Å². The second-order valence-electron chi connectivity index (χ2n) is 4.64. The van der Waals surface area contributed by atoms with Gasteiger partial charge in [-0.25, -0.2) is 0 Å². The van der Waals surface area contributed by atoms with E-state index in [2.05, 4.69) is 0 Å². The second-order valence-corrected chi connectivity index (χ2v) is 5.05. The molecule has 6 heteroatoms. The standard InChI is InChI=1S/C15H14ClNO4/c1-9-7-15(10(2)6-13(9)17(19)20)21-14-5-3-4-12(16)11(14)8-18/h3-7,18H,8H2,1-2H3. The summed E-state index contributed by atoms with van der Waals surface area (Å²) < 4.78 is 5.76. The van der Waals surface area contributed by atoms with Gasteiger partial charge in [-0.05, 0) is 37.6 Å². The van der Waals surface area contributed by atoms with Crippen LogP contribution in [0.4, 0.5) is 5.69 Å². The van der Waals surface area contributed by atoms with Crippen LogP contribution in [0.25, 0.3) is 0 Å². The van der Waals surface area contributed by atoms with Gasteiger partial charge in [-0.3, -0.25) is 10.1 Å². The number of hydrogen-bond donors (Lipinski definition) is 1. The van der Waals surface area contributed by atoms with Gasteiger partial charge in [-0.2, -0.15) is 0 Å². The van der Waals surface area contributed by atoms with Crippen LogP contribution in [0, 0.1) is 24.0 Å². The summed E-state index contributed by atoms with van der Waals surface area (Å²) >= 11 is 6.00. The number of hydrogen-bond acceptors (Lipinski definition) is 4. The smallest absolute Gasteiger partial charge is 0.272 e. The highest BCUT2D eigenvalue weighted by Gasteiger charge is 2.16. The predicted octanol–water partition coefficient (Wildman–Crippen LogP) is 4.15. The molecule has 0 atom stereocenters. The number of nitro groups is 1. The van der Waals surface area contributed by atoms with Gasteiger partial charge in [0.05, 0.1) is 11.5 Å². The van der Waals surface area contributed by atoms with E-state index in [0.29, 0.717) is 33.2 Å². The minimum Gasteiger partial charge on any atom is -0.457 e. The highest BCUT2D eigenvalue weighted by atomic mass is 35.5. The molecular weight excluding hydrogens is 294 g/mol. The topological polar surface area (TPSA) is 72.6 Å². The van der Waals surface area contributed by atoms with Gasteiger partial charge in [-0.1, -0.05) is 17.7 Å². The Hall–Kier alpha value is -2.11. The first-order valence-corrected chi connectivity index (χ1v) is 6.63. The molecular formula is C15H14ClNO4. The van der Waals surface area contributed by atoms with E-state index < -0.39 is 4.92 Å². The van der Waals surface area contributed by atoms with Gasteiger partial charge in [0.1, 0.15) is 11.5 Å². The molecule has 5 nitrogen and oxygen atoms in total. The van der Waals surface area contributed by atoms with Gasteiger partial charge in [0.25, 0.3) is 5.69 Å². The number of aliphatic hydroxyl groups excluding tert-OH is 1. The van der Waals surface area contributed by atoms with Crippen molar-refractivity contribution in [2.24, 2.45) is 0 Å². The highest BCUT2D eigenvalue weighted by molar-refractivity contribution is 6.31. The number of aryl methyl sites for hydroxylation is 2. The quantitative estimate of drug-likeness (QED) is 0.680. The third-order valence-corrected chi connectivity index (χ3v) is 3.50. The third kappa shape index (κ3) is 3.15. The molecule has 0 unspecified atom stereocenters. The molecule has 0 aliphatic carbocycles. The lowest BCUT2D eigenvalue weighted by atomic mass is 10.1. The number of nitro benzene ring substituents is 1. The van der Waals surface area contributed by atoms with Crippen molar-refractivity contribution in [3.8, 4) is 11.5 Å². The maximum absolute atomic E-state index is 10.9. The van der Waals surface area contributed by atoms with Crippen LogP contribution in [0.3, 0.4) is 0 Å². The monoisotopic (exact) mass is 307 g/mol. The summed E-state index contributed by atoms with van der Waals surface area (Å²) in [4.78, 5) is 10.5. The average molecular weight is 308 g/mol. The molecule has 0 saturated heterocycles. The molecule has 2 aromatic carbocycles. The van der Waals surface area contributed by atoms with Crippen molar-refractivity contribution in [2.45, 2.75) is 20.5 Å². The number of benzene rings is 2. The molecule has 0 aliphatic rings. The normalized spacial score (nSPS) is 10.5. The first kappa shape index (κ1) is 15.3. The molecule has 0 heterocycles. The molecule has 2 aromatic rings. The third-order valence-electron chi connectivity index (χ3n) is 3.14. The minimum atomic E-state index is -0.426. The molecule has 110 valence electrons. The Kier molecular flexibility index (Phi) is 4.45. The zero-order valence-electron chi connectivity index (χ0n) is 11.6. The first-order valence-electron chi connectivity index (χ1n) is 6.25. The first-order chi connectivity index (χ1) is 9.93. The number of nitrogens with zero attached hydrogens (tertiary/aromatic N) is 1. The largest absolute Gasteiger partial charge is 0.457 e. The van der Waals surface area contributed by atoms with E-state index in [1.54, 1.807) is 38.1 Å². The molecule has 1 N–H and O–H groups in total. The van der Waals surface area contributed by atoms with Gasteiger partial charge in [0.2, 0.25) is 0 Å². The number of halogens is 1. The summed E-state index contributed by atoms with van der Waals surface area (Å²) in [7, 11) is 0. The van der Waals surface area contributed by atoms with Crippen molar-refractivity contribution in [3.05, 3.63) is 62.2 Å². The van der Waals surface area contributed by atoms with Crippen molar-refractivity contribution in [2.75, 3.05) is 0 Å². The maximum Gasteiger partial charge on any atom is 0.272 e. The van der Waals surface area contributed by atoms with Crippen molar-refractivity contribution in [1.82, 2.24) is 0 Å². The fourth-order valence-corrected chi connectivity index (χ4v) is 2.21. The van der Waals surface area contributed by atoms with E-state index in [-0.39, 0.29) is 12.3 Å². The lowest BCUT2D eigenvalue weighted by Gasteiger charge is -2.13. The molecule has 0 bridgehead atoms. The molecule has 2 rings (SSSR count). The summed E-state index contributed by atoms with van der Waals surface area (Å²) in [6.07, 6.45) is 0. The van der Waals surface area contributed by atoms with Crippen LogP contribution in [0.5, 0.6) is 11.5 Å². The van der Waals surface area contributed by atoms with E-state index in [9.17, 15) is 15.2 Å². The van der Waals surface area contributed by atoms with E-state index in [0.717, 1.165) is 0 Å². The number of rotatable bonds is 4. The minimum absolute atomic E-state index is 0.0494. The highest BCUT2D eigenvalue weighted by Crippen LogP contribution is 2.34. The Morgan fingerprint density at radius 1 is 1.24 bits per heavy atom. The Bertz CT molecular complexity index is 700. The van der Waals surface area contributed by atoms with Crippen LogP contribution < -0.4 is 4.74 Å². The van der Waals surface area contributed by atoms with Crippen molar-refractivity contribution in [3.63, 3.8) is 0 Å². The molecule has 0 saturated carbocycles. The summed E-state index contributed by atoms with van der Waals surface area (Å²) in [5, 5.41) is 20.7. The van der Waals surface area contributed by atoms with Gasteiger partial charge in [0, 0.05) is 22.2 Å². The maximum atomic E-state index is 10.9. The van der Waals surface area contributed by atoms with E-state index in [1.165, 1.54) is 6.07 Å². The molecule has 0 fully saturated rings. The predicted molar refractivity (Wildman–Crippen MR) is 80.0 cm³/mol. The Morgan fingerprint density at radius 3 is 2.57 bits per heavy atom. The lowest BCUT2D eigenvalue weighted by molar-refractivity contribution is -0.385. The number of aliphatic hydroxyl groups is 1.